The number of likely N-dealkylation sites (tertiary alicyclic amines) is 1. The number of nitrogens with one attached hydrogen (secondary N) is 1. The molecule has 3 N–H and O–H groups in total. The fourth-order valence-electron chi connectivity index (χ4n) is 2.89. The minimum absolute atomic E-state index is 0.0496. The number of aryl methyl sites for hydroxylation is 1. The molecule has 1 aromatic heterocycles. The van der Waals surface area contributed by atoms with Gasteiger partial charge in [0, 0.05) is 19.3 Å². The minimum atomic E-state index is -0.652. The number of rotatable bonds is 6. The number of piperidine rings is 1. The van der Waals surface area contributed by atoms with Gasteiger partial charge in [-0.3, -0.25) is 9.48 Å². The first-order chi connectivity index (χ1) is 11.0. The smallest absolute Gasteiger partial charge is 0.312 e. The van der Waals surface area contributed by atoms with Crippen LogP contribution in [0.25, 0.3) is 0 Å². The third-order valence-electron chi connectivity index (χ3n) is 4.04. The van der Waals surface area contributed by atoms with Gasteiger partial charge in [-0.25, -0.2) is 4.79 Å². The SMILES string of the molecule is CSCC[C@H](NC(N)=O)C(=O)N1CCC[C@H](n2cc(C)cn2)C1. The summed E-state index contributed by atoms with van der Waals surface area (Å²) in [6, 6.07) is -1.00. The Morgan fingerprint density at radius 3 is 2.96 bits per heavy atom. The molecule has 2 heterocycles. The zero-order chi connectivity index (χ0) is 16.8. The highest BCUT2D eigenvalue weighted by molar-refractivity contribution is 7.98. The van der Waals surface area contributed by atoms with Crippen molar-refractivity contribution in [1.82, 2.24) is 20.0 Å². The Bertz CT molecular complexity index is 548. The zero-order valence-electron chi connectivity index (χ0n) is 13.7. The van der Waals surface area contributed by atoms with Crippen LogP contribution in [0, 0.1) is 6.92 Å². The van der Waals surface area contributed by atoms with Gasteiger partial charge < -0.3 is 16.0 Å². The number of hydrogen-bond acceptors (Lipinski definition) is 4. The number of urea groups is 1. The summed E-state index contributed by atoms with van der Waals surface area (Å²) in [5, 5.41) is 6.94. The van der Waals surface area contributed by atoms with E-state index in [4.69, 9.17) is 5.73 Å². The first kappa shape index (κ1) is 17.7. The Morgan fingerprint density at radius 1 is 1.57 bits per heavy atom. The molecule has 1 aliphatic heterocycles. The lowest BCUT2D eigenvalue weighted by Crippen LogP contribution is -2.52. The van der Waals surface area contributed by atoms with Crippen molar-refractivity contribution in [2.24, 2.45) is 5.73 Å². The Labute approximate surface area is 141 Å². The fraction of sp³-hybridized carbons (Fsp3) is 0.667. The van der Waals surface area contributed by atoms with Gasteiger partial charge in [0.2, 0.25) is 5.91 Å². The van der Waals surface area contributed by atoms with Crippen LogP contribution in [0.3, 0.4) is 0 Å². The van der Waals surface area contributed by atoms with Gasteiger partial charge in [-0.1, -0.05) is 0 Å². The average molecular weight is 339 g/mol. The van der Waals surface area contributed by atoms with Crippen LogP contribution in [-0.2, 0) is 4.79 Å². The van der Waals surface area contributed by atoms with Gasteiger partial charge in [0.05, 0.1) is 12.2 Å². The van der Waals surface area contributed by atoms with Crippen LogP contribution in [0.2, 0.25) is 0 Å². The summed E-state index contributed by atoms with van der Waals surface area (Å²) in [5.41, 5.74) is 6.32. The van der Waals surface area contributed by atoms with E-state index >= 15 is 0 Å². The third kappa shape index (κ3) is 4.89. The molecule has 128 valence electrons. The molecule has 1 fully saturated rings. The van der Waals surface area contributed by atoms with Crippen LogP contribution in [0.5, 0.6) is 0 Å². The third-order valence-corrected chi connectivity index (χ3v) is 4.68. The molecule has 0 aromatic carbocycles. The Morgan fingerprint density at radius 2 is 2.35 bits per heavy atom. The molecule has 1 aromatic rings. The molecule has 0 aliphatic carbocycles. The molecule has 8 heteroatoms. The first-order valence-electron chi connectivity index (χ1n) is 7.85. The molecule has 23 heavy (non-hydrogen) atoms. The molecule has 0 saturated carbocycles. The fourth-order valence-corrected chi connectivity index (χ4v) is 3.36. The maximum atomic E-state index is 12.7. The summed E-state index contributed by atoms with van der Waals surface area (Å²) in [4.78, 5) is 25.7. The van der Waals surface area contributed by atoms with E-state index < -0.39 is 12.1 Å². The van der Waals surface area contributed by atoms with Crippen molar-refractivity contribution in [3.63, 3.8) is 0 Å². The first-order valence-corrected chi connectivity index (χ1v) is 9.25. The standard InChI is InChI=1S/C15H25N5O2S/c1-11-8-17-20(9-11)12-4-3-6-19(10-12)14(21)13(5-7-23-2)18-15(16)22/h8-9,12-13H,3-7,10H2,1-2H3,(H3,16,18,22)/t12-,13-/m0/s1. The molecule has 2 atom stereocenters. The molecule has 7 nitrogen and oxygen atoms in total. The van der Waals surface area contributed by atoms with E-state index in [1.165, 1.54) is 0 Å². The van der Waals surface area contributed by atoms with Crippen LogP contribution in [0.4, 0.5) is 4.79 Å². The maximum absolute atomic E-state index is 12.7. The van der Waals surface area contributed by atoms with Crippen molar-refractivity contribution in [3.05, 3.63) is 18.0 Å². The summed E-state index contributed by atoms with van der Waals surface area (Å²) < 4.78 is 1.94. The molecule has 3 amide bonds. The van der Waals surface area contributed by atoms with Crippen molar-refractivity contribution in [3.8, 4) is 0 Å². The highest BCUT2D eigenvalue weighted by Crippen LogP contribution is 2.22. The van der Waals surface area contributed by atoms with E-state index in [1.54, 1.807) is 11.8 Å². The van der Waals surface area contributed by atoms with E-state index in [2.05, 4.69) is 10.4 Å². The van der Waals surface area contributed by atoms with Crippen molar-refractivity contribution in [1.29, 1.82) is 0 Å². The topological polar surface area (TPSA) is 93.2 Å². The predicted molar refractivity (Wildman–Crippen MR) is 91.3 cm³/mol. The lowest BCUT2D eigenvalue weighted by atomic mass is 10.0. The Kier molecular flexibility index (Phi) is 6.32. The van der Waals surface area contributed by atoms with E-state index in [-0.39, 0.29) is 11.9 Å². The van der Waals surface area contributed by atoms with E-state index in [1.807, 2.05) is 35.2 Å². The Balaban J connectivity index is 2.02. The van der Waals surface area contributed by atoms with Gasteiger partial charge in [0.15, 0.2) is 0 Å². The second-order valence-electron chi connectivity index (χ2n) is 5.92. The van der Waals surface area contributed by atoms with Crippen molar-refractivity contribution >= 4 is 23.7 Å². The summed E-state index contributed by atoms with van der Waals surface area (Å²) in [6.45, 7) is 3.34. The lowest BCUT2D eigenvalue weighted by Gasteiger charge is -2.35. The highest BCUT2D eigenvalue weighted by atomic mass is 32.2. The predicted octanol–water partition coefficient (Wildman–Crippen LogP) is 1.15. The summed E-state index contributed by atoms with van der Waals surface area (Å²) in [6.07, 6.45) is 8.33. The monoisotopic (exact) mass is 339 g/mol. The number of carbonyl (C=O) groups excluding carboxylic acids is 2. The number of hydrogen-bond donors (Lipinski definition) is 2. The van der Waals surface area contributed by atoms with Crippen LogP contribution in [-0.4, -0.2) is 57.8 Å². The molecular formula is C15H25N5O2S. The minimum Gasteiger partial charge on any atom is -0.352 e. The highest BCUT2D eigenvalue weighted by Gasteiger charge is 2.30. The molecule has 1 aliphatic rings. The quantitative estimate of drug-likeness (QED) is 0.813. The van der Waals surface area contributed by atoms with Crippen molar-refractivity contribution in [2.45, 2.75) is 38.3 Å². The summed E-state index contributed by atoms with van der Waals surface area (Å²) in [5.74, 6) is 0.748. The van der Waals surface area contributed by atoms with Crippen molar-refractivity contribution < 1.29 is 9.59 Å². The van der Waals surface area contributed by atoms with Gasteiger partial charge >= 0.3 is 6.03 Å². The zero-order valence-corrected chi connectivity index (χ0v) is 14.5. The van der Waals surface area contributed by atoms with Crippen LogP contribution in [0.15, 0.2) is 12.4 Å². The van der Waals surface area contributed by atoms with Gasteiger partial charge in [-0.05, 0) is 43.8 Å². The number of amides is 3. The number of nitrogens with zero attached hydrogens (tertiary/aromatic N) is 3. The molecule has 0 unspecified atom stereocenters. The largest absolute Gasteiger partial charge is 0.352 e. The number of thioether (sulfide) groups is 1. The number of primary amides is 1. The summed E-state index contributed by atoms with van der Waals surface area (Å²) in [7, 11) is 0. The van der Waals surface area contributed by atoms with Crippen LogP contribution in [0.1, 0.15) is 30.9 Å². The van der Waals surface area contributed by atoms with Crippen LogP contribution >= 0.6 is 11.8 Å². The van der Waals surface area contributed by atoms with Crippen LogP contribution < -0.4 is 11.1 Å². The van der Waals surface area contributed by atoms with Gasteiger partial charge in [0.25, 0.3) is 0 Å². The molecule has 0 radical (unpaired) electrons. The molecule has 0 spiro atoms. The lowest BCUT2D eigenvalue weighted by molar-refractivity contribution is -0.135. The second-order valence-corrected chi connectivity index (χ2v) is 6.91. The summed E-state index contributed by atoms with van der Waals surface area (Å²) >= 11 is 1.64. The molecule has 2 rings (SSSR count). The van der Waals surface area contributed by atoms with Crippen molar-refractivity contribution in [2.75, 3.05) is 25.1 Å². The van der Waals surface area contributed by atoms with Gasteiger partial charge in [0.1, 0.15) is 6.04 Å². The van der Waals surface area contributed by atoms with E-state index in [0.29, 0.717) is 19.5 Å². The van der Waals surface area contributed by atoms with E-state index in [9.17, 15) is 9.59 Å². The van der Waals surface area contributed by atoms with Gasteiger partial charge in [-0.2, -0.15) is 16.9 Å². The average Bonchev–Trinajstić information content (AvgIpc) is 2.97. The second kappa shape index (κ2) is 8.24. The number of nitrogens with two attached hydrogens (primary N) is 1. The molecular weight excluding hydrogens is 314 g/mol. The Hall–Kier alpha value is -1.70. The number of aromatic nitrogens is 2. The molecule has 0 bridgehead atoms. The maximum Gasteiger partial charge on any atom is 0.312 e. The van der Waals surface area contributed by atoms with Gasteiger partial charge in [-0.15, -0.1) is 0 Å². The number of carbonyl (C=O) groups is 2. The van der Waals surface area contributed by atoms with E-state index in [0.717, 1.165) is 24.2 Å². The normalized spacial score (nSPS) is 19.4. The molecule has 1 saturated heterocycles.